The Labute approximate surface area is 121 Å². The fourth-order valence-electron chi connectivity index (χ4n) is 1.92. The minimum absolute atomic E-state index is 0.169. The molecule has 6 heteroatoms. The van der Waals surface area contributed by atoms with E-state index in [-0.39, 0.29) is 17.6 Å². The summed E-state index contributed by atoms with van der Waals surface area (Å²) < 4.78 is 41.3. The second kappa shape index (κ2) is 5.52. The Kier molecular flexibility index (Phi) is 4.09. The highest BCUT2D eigenvalue weighted by Gasteiger charge is 2.33. The fraction of sp³-hybridized carbons (Fsp3) is 0.400. The van der Waals surface area contributed by atoms with E-state index in [1.807, 2.05) is 20.8 Å². The first-order valence-corrected chi connectivity index (χ1v) is 6.60. The number of imidazole rings is 1. The Morgan fingerprint density at radius 2 is 1.90 bits per heavy atom. The fourth-order valence-corrected chi connectivity index (χ4v) is 1.92. The van der Waals surface area contributed by atoms with Gasteiger partial charge in [-0.1, -0.05) is 6.07 Å². The molecule has 0 bridgehead atoms. The Hall–Kier alpha value is -1.82. The smallest absolute Gasteiger partial charge is 0.308 e. The summed E-state index contributed by atoms with van der Waals surface area (Å²) in [6.07, 6.45) is 0.235. The largest absolute Gasteiger partial charge is 0.416 e. The van der Waals surface area contributed by atoms with Crippen LogP contribution in [0.5, 0.6) is 0 Å². The summed E-state index contributed by atoms with van der Waals surface area (Å²) in [7, 11) is 0. The van der Waals surface area contributed by atoms with Gasteiger partial charge in [-0.2, -0.15) is 13.2 Å². The molecular formula is C15H18F3N3. The van der Waals surface area contributed by atoms with Gasteiger partial charge in [-0.15, -0.1) is 0 Å². The lowest BCUT2D eigenvalue weighted by molar-refractivity contribution is -0.138. The van der Waals surface area contributed by atoms with Crippen LogP contribution in [0.2, 0.25) is 0 Å². The minimum atomic E-state index is -4.38. The van der Waals surface area contributed by atoms with Crippen LogP contribution in [0.25, 0.3) is 5.69 Å². The third-order valence-electron chi connectivity index (χ3n) is 3.01. The molecule has 0 aliphatic heterocycles. The van der Waals surface area contributed by atoms with Gasteiger partial charge in [-0.3, -0.25) is 0 Å². The summed E-state index contributed by atoms with van der Waals surface area (Å²) >= 11 is 0. The van der Waals surface area contributed by atoms with E-state index in [4.69, 9.17) is 0 Å². The topological polar surface area (TPSA) is 29.9 Å². The normalized spacial score (nSPS) is 12.7. The number of nitrogens with zero attached hydrogens (tertiary/aromatic N) is 2. The van der Waals surface area contributed by atoms with Crippen LogP contribution in [0.4, 0.5) is 13.2 Å². The van der Waals surface area contributed by atoms with Gasteiger partial charge in [0, 0.05) is 30.2 Å². The molecule has 114 valence electrons. The molecule has 0 aliphatic carbocycles. The van der Waals surface area contributed by atoms with Crippen molar-refractivity contribution in [2.45, 2.75) is 39.0 Å². The molecule has 2 rings (SSSR count). The maximum atomic E-state index is 13.2. The molecule has 1 heterocycles. The molecule has 0 fully saturated rings. The van der Waals surface area contributed by atoms with Crippen molar-refractivity contribution in [1.82, 2.24) is 14.9 Å². The van der Waals surface area contributed by atoms with Crippen LogP contribution < -0.4 is 5.32 Å². The van der Waals surface area contributed by atoms with Crippen molar-refractivity contribution in [3.8, 4) is 5.69 Å². The number of hydrogen-bond acceptors (Lipinski definition) is 2. The molecule has 1 N–H and O–H groups in total. The average Bonchev–Trinajstić information content (AvgIpc) is 2.88. The molecule has 0 amide bonds. The van der Waals surface area contributed by atoms with E-state index in [0.717, 1.165) is 6.07 Å². The predicted octanol–water partition coefficient (Wildman–Crippen LogP) is 3.78. The van der Waals surface area contributed by atoms with Crippen LogP contribution in [-0.2, 0) is 12.7 Å². The lowest BCUT2D eigenvalue weighted by Gasteiger charge is -2.22. The zero-order valence-corrected chi connectivity index (χ0v) is 12.2. The van der Waals surface area contributed by atoms with Crippen LogP contribution in [0.1, 0.15) is 31.9 Å². The molecular weight excluding hydrogens is 279 g/mol. The summed E-state index contributed by atoms with van der Waals surface area (Å²) in [5.41, 5.74) is -0.183. The van der Waals surface area contributed by atoms with Crippen LogP contribution in [-0.4, -0.2) is 15.1 Å². The van der Waals surface area contributed by atoms with E-state index in [2.05, 4.69) is 10.3 Å². The zero-order chi connectivity index (χ0) is 15.7. The highest BCUT2D eigenvalue weighted by molar-refractivity contribution is 5.42. The van der Waals surface area contributed by atoms with Crippen molar-refractivity contribution in [3.05, 3.63) is 48.0 Å². The molecule has 0 saturated heterocycles. The maximum absolute atomic E-state index is 13.2. The quantitative estimate of drug-likeness (QED) is 0.934. The first-order chi connectivity index (χ1) is 9.67. The summed E-state index contributed by atoms with van der Waals surface area (Å²) in [6.45, 7) is 5.92. The van der Waals surface area contributed by atoms with Crippen molar-refractivity contribution in [3.63, 3.8) is 0 Å². The third kappa shape index (κ3) is 4.07. The maximum Gasteiger partial charge on any atom is 0.416 e. The number of aromatic nitrogens is 2. The summed E-state index contributed by atoms with van der Waals surface area (Å²) in [4.78, 5) is 3.85. The molecule has 0 unspecified atom stereocenters. The molecule has 21 heavy (non-hydrogen) atoms. The second-order valence-corrected chi connectivity index (χ2v) is 5.91. The second-order valence-electron chi connectivity index (χ2n) is 5.91. The van der Waals surface area contributed by atoms with Gasteiger partial charge in [0.25, 0.3) is 0 Å². The highest BCUT2D eigenvalue weighted by Crippen LogP contribution is 2.33. The standard InChI is InChI=1S/C15H18F3N3/c1-14(2,3)20-9-11-4-5-12(21-7-6-19-10-21)8-13(11)15(16,17)18/h4-8,10,20H,9H2,1-3H3. The first-order valence-electron chi connectivity index (χ1n) is 6.60. The monoisotopic (exact) mass is 297 g/mol. The lowest BCUT2D eigenvalue weighted by Crippen LogP contribution is -2.35. The van der Waals surface area contributed by atoms with Crippen molar-refractivity contribution in [1.29, 1.82) is 0 Å². The summed E-state index contributed by atoms with van der Waals surface area (Å²) in [5, 5.41) is 3.09. The van der Waals surface area contributed by atoms with Crippen molar-refractivity contribution in [2.24, 2.45) is 0 Å². The number of alkyl halides is 3. The van der Waals surface area contributed by atoms with Crippen LogP contribution >= 0.6 is 0 Å². The Morgan fingerprint density at radius 3 is 2.43 bits per heavy atom. The van der Waals surface area contributed by atoms with Crippen molar-refractivity contribution in [2.75, 3.05) is 0 Å². The van der Waals surface area contributed by atoms with E-state index in [1.165, 1.54) is 18.6 Å². The van der Waals surface area contributed by atoms with Crippen molar-refractivity contribution >= 4 is 0 Å². The van der Waals surface area contributed by atoms with Gasteiger partial charge in [-0.05, 0) is 38.5 Å². The third-order valence-corrected chi connectivity index (χ3v) is 3.01. The number of halogens is 3. The zero-order valence-electron chi connectivity index (χ0n) is 12.2. The van der Waals surface area contributed by atoms with Crippen LogP contribution in [0.15, 0.2) is 36.9 Å². The van der Waals surface area contributed by atoms with Gasteiger partial charge in [0.2, 0.25) is 0 Å². The Morgan fingerprint density at radius 1 is 1.19 bits per heavy atom. The molecule has 0 atom stereocenters. The molecule has 0 spiro atoms. The lowest BCUT2D eigenvalue weighted by atomic mass is 10.0. The SMILES string of the molecule is CC(C)(C)NCc1ccc(-n2ccnc2)cc1C(F)(F)F. The van der Waals surface area contributed by atoms with Gasteiger partial charge < -0.3 is 9.88 Å². The molecule has 2 aromatic rings. The molecule has 0 radical (unpaired) electrons. The van der Waals surface area contributed by atoms with Gasteiger partial charge in [0.1, 0.15) is 0 Å². The average molecular weight is 297 g/mol. The number of rotatable bonds is 3. The van der Waals surface area contributed by atoms with E-state index >= 15 is 0 Å². The van der Waals surface area contributed by atoms with Crippen LogP contribution in [0.3, 0.4) is 0 Å². The van der Waals surface area contributed by atoms with Gasteiger partial charge >= 0.3 is 6.18 Å². The van der Waals surface area contributed by atoms with Gasteiger partial charge in [-0.25, -0.2) is 4.98 Å². The summed E-state index contributed by atoms with van der Waals surface area (Å²) in [6, 6.07) is 4.33. The highest BCUT2D eigenvalue weighted by atomic mass is 19.4. The van der Waals surface area contributed by atoms with E-state index < -0.39 is 11.7 Å². The Bertz CT molecular complexity index is 596. The van der Waals surface area contributed by atoms with Crippen molar-refractivity contribution < 1.29 is 13.2 Å². The van der Waals surface area contributed by atoms with Gasteiger partial charge in [0.15, 0.2) is 0 Å². The van der Waals surface area contributed by atoms with E-state index in [1.54, 1.807) is 16.8 Å². The number of nitrogens with one attached hydrogen (secondary N) is 1. The number of hydrogen-bond donors (Lipinski definition) is 1. The first kappa shape index (κ1) is 15.6. The van der Waals surface area contributed by atoms with Crippen LogP contribution in [0, 0.1) is 0 Å². The van der Waals surface area contributed by atoms with E-state index in [0.29, 0.717) is 5.69 Å². The molecule has 3 nitrogen and oxygen atoms in total. The minimum Gasteiger partial charge on any atom is -0.308 e. The number of benzene rings is 1. The van der Waals surface area contributed by atoms with E-state index in [9.17, 15) is 13.2 Å². The molecule has 0 aliphatic rings. The molecule has 1 aromatic carbocycles. The summed E-state index contributed by atoms with van der Waals surface area (Å²) in [5.74, 6) is 0. The molecule has 0 saturated carbocycles. The van der Waals surface area contributed by atoms with Gasteiger partial charge in [0.05, 0.1) is 11.9 Å². The Balaban J connectivity index is 2.37. The predicted molar refractivity (Wildman–Crippen MR) is 75.2 cm³/mol. The molecule has 1 aromatic heterocycles.